The summed E-state index contributed by atoms with van der Waals surface area (Å²) in [6, 6.07) is 25.9. The summed E-state index contributed by atoms with van der Waals surface area (Å²) in [7, 11) is 4.99. The van der Waals surface area contributed by atoms with Crippen LogP contribution in [0.3, 0.4) is 0 Å². The molecule has 47 heavy (non-hydrogen) atoms. The molecule has 0 amide bonds. The Hall–Kier alpha value is -4.34. The molecule has 0 aromatic heterocycles. The molecule has 8 nitrogen and oxygen atoms in total. The van der Waals surface area contributed by atoms with Crippen LogP contribution in [0.2, 0.25) is 0 Å². The lowest BCUT2D eigenvalue weighted by molar-refractivity contribution is -0.183. The van der Waals surface area contributed by atoms with E-state index < -0.39 is 6.29 Å². The van der Waals surface area contributed by atoms with Crippen molar-refractivity contribution in [3.05, 3.63) is 101 Å². The zero-order valence-electron chi connectivity index (χ0n) is 27.2. The lowest BCUT2D eigenvalue weighted by atomic mass is 9.97. The molecule has 2 saturated heterocycles. The summed E-state index contributed by atoms with van der Waals surface area (Å²) in [6.07, 6.45) is 7.56. The molecule has 1 atom stereocenters. The van der Waals surface area contributed by atoms with Crippen molar-refractivity contribution >= 4 is 12.2 Å². The van der Waals surface area contributed by atoms with Crippen molar-refractivity contribution in [2.45, 2.75) is 44.9 Å². The maximum atomic E-state index is 6.21. The van der Waals surface area contributed by atoms with Crippen LogP contribution in [0.1, 0.15) is 54.2 Å². The van der Waals surface area contributed by atoms with Gasteiger partial charge in [0.05, 0.1) is 41.2 Å². The van der Waals surface area contributed by atoms with Crippen LogP contribution in [0, 0.1) is 0 Å². The van der Waals surface area contributed by atoms with E-state index in [-0.39, 0.29) is 6.29 Å². The molecular formula is C39H42O8. The topological polar surface area (TPSA) is 73.8 Å². The Balaban J connectivity index is 1.15. The fourth-order valence-corrected chi connectivity index (χ4v) is 5.70. The molecule has 6 rings (SSSR count). The maximum absolute atomic E-state index is 6.21. The van der Waals surface area contributed by atoms with Gasteiger partial charge < -0.3 is 37.9 Å². The second-order valence-electron chi connectivity index (χ2n) is 11.4. The molecular weight excluding hydrogens is 596 g/mol. The van der Waals surface area contributed by atoms with Gasteiger partial charge in [0.25, 0.3) is 0 Å². The van der Waals surface area contributed by atoms with Crippen molar-refractivity contribution < 1.29 is 37.9 Å². The van der Waals surface area contributed by atoms with Gasteiger partial charge in [-0.15, -0.1) is 0 Å². The van der Waals surface area contributed by atoms with Crippen molar-refractivity contribution in [3.63, 3.8) is 0 Å². The summed E-state index contributed by atoms with van der Waals surface area (Å²) in [6.45, 7) is 2.51. The summed E-state index contributed by atoms with van der Waals surface area (Å²) >= 11 is 0. The predicted octanol–water partition coefficient (Wildman–Crippen LogP) is 8.82. The quantitative estimate of drug-likeness (QED) is 0.143. The van der Waals surface area contributed by atoms with E-state index in [2.05, 4.69) is 30.4 Å². The average Bonchev–Trinajstić information content (AvgIpc) is 3.14. The molecule has 2 heterocycles. The Morgan fingerprint density at radius 2 is 1.34 bits per heavy atom. The average molecular weight is 639 g/mol. The third-order valence-electron chi connectivity index (χ3n) is 8.25. The number of benzene rings is 4. The molecule has 246 valence electrons. The summed E-state index contributed by atoms with van der Waals surface area (Å²) in [5.41, 5.74) is 5.98. The van der Waals surface area contributed by atoms with Crippen LogP contribution in [0.25, 0.3) is 23.3 Å². The number of hydrogen-bond acceptors (Lipinski definition) is 8. The van der Waals surface area contributed by atoms with Crippen LogP contribution in [0.5, 0.6) is 28.7 Å². The molecule has 0 spiro atoms. The van der Waals surface area contributed by atoms with E-state index >= 15 is 0 Å². The van der Waals surface area contributed by atoms with E-state index in [1.54, 1.807) is 21.3 Å². The smallest absolute Gasteiger partial charge is 0.183 e. The standard InChI is InChI=1S/C39H42O8/c1-40-32-16-18-33(30(24-32)26-46-38-7-4-5-20-43-38)34-17-12-28(23-36(34)42-3)9-8-27-10-14-31(15-11-27)47-37-25-29(13-19-35(37)41-2)39-44-21-6-22-45-39/h8-19,23-25,38-39H,4-7,20-22,26H2,1-3H3/b9-8+. The van der Waals surface area contributed by atoms with Crippen molar-refractivity contribution in [1.82, 2.24) is 0 Å². The van der Waals surface area contributed by atoms with Crippen LogP contribution in [0.15, 0.2) is 78.9 Å². The van der Waals surface area contributed by atoms with E-state index in [0.29, 0.717) is 37.1 Å². The lowest BCUT2D eigenvalue weighted by Crippen LogP contribution is -2.22. The zero-order valence-corrected chi connectivity index (χ0v) is 27.2. The van der Waals surface area contributed by atoms with E-state index in [1.807, 2.05) is 60.7 Å². The van der Waals surface area contributed by atoms with Crippen LogP contribution in [-0.4, -0.2) is 47.4 Å². The fourth-order valence-electron chi connectivity index (χ4n) is 5.70. The normalized spacial score (nSPS) is 17.0. The highest BCUT2D eigenvalue weighted by molar-refractivity contribution is 5.78. The first-order valence-electron chi connectivity index (χ1n) is 16.1. The Bertz CT molecular complexity index is 1640. The number of hydrogen-bond donors (Lipinski definition) is 0. The largest absolute Gasteiger partial charge is 0.497 e. The van der Waals surface area contributed by atoms with Gasteiger partial charge in [0, 0.05) is 17.7 Å². The lowest BCUT2D eigenvalue weighted by Gasteiger charge is -2.24. The van der Waals surface area contributed by atoms with Gasteiger partial charge in [0.15, 0.2) is 24.1 Å². The van der Waals surface area contributed by atoms with E-state index in [9.17, 15) is 0 Å². The van der Waals surface area contributed by atoms with Gasteiger partial charge in [-0.3, -0.25) is 0 Å². The Morgan fingerprint density at radius 1 is 0.617 bits per heavy atom. The third-order valence-corrected chi connectivity index (χ3v) is 8.25. The first-order chi connectivity index (χ1) is 23.1. The SMILES string of the molecule is COc1ccc(-c2ccc(/C=C/c3ccc(Oc4cc(C5OCCCO5)ccc4OC)cc3)cc2OC)c(COC2CCCCO2)c1. The van der Waals surface area contributed by atoms with Crippen molar-refractivity contribution in [1.29, 1.82) is 0 Å². The highest BCUT2D eigenvalue weighted by Crippen LogP contribution is 2.37. The summed E-state index contributed by atoms with van der Waals surface area (Å²) in [5, 5.41) is 0. The molecule has 4 aromatic carbocycles. The minimum Gasteiger partial charge on any atom is -0.497 e. The Morgan fingerprint density at radius 3 is 2.09 bits per heavy atom. The third kappa shape index (κ3) is 8.34. The van der Waals surface area contributed by atoms with E-state index in [0.717, 1.165) is 77.2 Å². The van der Waals surface area contributed by atoms with Crippen LogP contribution >= 0.6 is 0 Å². The maximum Gasteiger partial charge on any atom is 0.183 e. The van der Waals surface area contributed by atoms with E-state index in [1.165, 1.54) is 0 Å². The van der Waals surface area contributed by atoms with Gasteiger partial charge >= 0.3 is 0 Å². The van der Waals surface area contributed by atoms with E-state index in [4.69, 9.17) is 37.9 Å². The molecule has 0 radical (unpaired) electrons. The molecule has 0 N–H and O–H groups in total. The first kappa shape index (κ1) is 32.6. The zero-order chi connectivity index (χ0) is 32.4. The number of ether oxygens (including phenoxy) is 8. The summed E-state index contributed by atoms with van der Waals surface area (Å²) in [4.78, 5) is 0. The van der Waals surface area contributed by atoms with Gasteiger partial charge in [0.1, 0.15) is 17.2 Å². The summed E-state index contributed by atoms with van der Waals surface area (Å²) in [5.74, 6) is 3.49. The molecule has 0 saturated carbocycles. The monoisotopic (exact) mass is 638 g/mol. The second-order valence-corrected chi connectivity index (χ2v) is 11.4. The molecule has 0 bridgehead atoms. The minimum absolute atomic E-state index is 0.177. The van der Waals surface area contributed by atoms with Crippen LogP contribution in [0.4, 0.5) is 0 Å². The highest BCUT2D eigenvalue weighted by atomic mass is 16.7. The molecule has 2 aliphatic rings. The fraction of sp³-hybridized carbons (Fsp3) is 0.333. The van der Waals surface area contributed by atoms with Gasteiger partial charge in [-0.25, -0.2) is 0 Å². The van der Waals surface area contributed by atoms with Crippen molar-refractivity contribution in [3.8, 4) is 39.9 Å². The van der Waals surface area contributed by atoms with Gasteiger partial charge in [0.2, 0.25) is 0 Å². The highest BCUT2D eigenvalue weighted by Gasteiger charge is 2.20. The number of rotatable bonds is 12. The van der Waals surface area contributed by atoms with Gasteiger partial charge in [-0.1, -0.05) is 48.6 Å². The molecule has 1 unspecified atom stereocenters. The van der Waals surface area contributed by atoms with Gasteiger partial charge in [-0.2, -0.15) is 0 Å². The van der Waals surface area contributed by atoms with Crippen LogP contribution in [-0.2, 0) is 25.6 Å². The van der Waals surface area contributed by atoms with Crippen molar-refractivity contribution in [2.24, 2.45) is 0 Å². The number of methoxy groups -OCH3 is 3. The van der Waals surface area contributed by atoms with Gasteiger partial charge in [-0.05, 0) is 90.4 Å². The molecule has 0 aliphatic carbocycles. The Kier molecular flexibility index (Phi) is 11.1. The van der Waals surface area contributed by atoms with Crippen LogP contribution < -0.4 is 18.9 Å². The molecule has 2 fully saturated rings. The van der Waals surface area contributed by atoms with Crippen molar-refractivity contribution in [2.75, 3.05) is 41.2 Å². The summed E-state index contributed by atoms with van der Waals surface area (Å²) < 4.78 is 46.6. The Labute approximate surface area is 276 Å². The molecule has 4 aromatic rings. The molecule has 8 heteroatoms. The second kappa shape index (κ2) is 16.0. The first-order valence-corrected chi connectivity index (χ1v) is 16.1. The molecule has 2 aliphatic heterocycles. The minimum atomic E-state index is -0.397. The predicted molar refractivity (Wildman–Crippen MR) is 181 cm³/mol.